The van der Waals surface area contributed by atoms with E-state index in [2.05, 4.69) is 5.32 Å². The van der Waals surface area contributed by atoms with Gasteiger partial charge < -0.3 is 28.8 Å². The van der Waals surface area contributed by atoms with Gasteiger partial charge in [0.1, 0.15) is 5.60 Å². The number of ether oxygens (including phenoxy) is 3. The van der Waals surface area contributed by atoms with Crippen molar-refractivity contribution in [1.82, 2.24) is 5.32 Å². The van der Waals surface area contributed by atoms with Crippen molar-refractivity contribution in [1.29, 1.82) is 0 Å². The van der Waals surface area contributed by atoms with Gasteiger partial charge in [-0.15, -0.1) is 0 Å². The van der Waals surface area contributed by atoms with Crippen LogP contribution in [0.5, 0.6) is 0 Å². The Morgan fingerprint density at radius 1 is 1.26 bits per heavy atom. The number of nitrogens with one attached hydrogen (secondary N) is 1. The molecule has 3 unspecified atom stereocenters. The molecule has 0 spiro atoms. The Morgan fingerprint density at radius 3 is 2.84 bits per heavy atom. The number of rotatable bonds is 6. The van der Waals surface area contributed by atoms with Gasteiger partial charge in [0.15, 0.2) is 0 Å². The molecule has 1 amide bonds. The van der Waals surface area contributed by atoms with Crippen molar-refractivity contribution in [3.63, 3.8) is 0 Å². The van der Waals surface area contributed by atoms with Crippen LogP contribution in [0.1, 0.15) is 45.6 Å². The quantitative estimate of drug-likeness (QED) is 0.693. The molecule has 31 heavy (non-hydrogen) atoms. The van der Waals surface area contributed by atoms with Crippen molar-refractivity contribution in [2.24, 2.45) is 0 Å². The van der Waals surface area contributed by atoms with Crippen molar-refractivity contribution in [3.8, 4) is 0 Å². The van der Waals surface area contributed by atoms with Gasteiger partial charge in [-0.1, -0.05) is 30.3 Å². The van der Waals surface area contributed by atoms with Crippen LogP contribution in [0.4, 0.5) is 4.79 Å². The predicted molar refractivity (Wildman–Crippen MR) is 116 cm³/mol. The van der Waals surface area contributed by atoms with Crippen molar-refractivity contribution in [2.75, 3.05) is 19.8 Å². The normalized spacial score (nSPS) is 25.5. The zero-order chi connectivity index (χ0) is 21.8. The Kier molecular flexibility index (Phi) is 6.89. The van der Waals surface area contributed by atoms with Gasteiger partial charge in [0, 0.05) is 0 Å². The zero-order valence-electron chi connectivity index (χ0n) is 18.6. The average Bonchev–Trinajstić information content (AvgIpc) is 2.97. The molecule has 168 valence electrons. The number of amides is 1. The zero-order valence-corrected chi connectivity index (χ0v) is 18.6. The first-order valence-electron chi connectivity index (χ1n) is 11.1. The van der Waals surface area contributed by atoms with Gasteiger partial charge >= 0.3 is 13.2 Å². The van der Waals surface area contributed by atoms with E-state index in [9.17, 15) is 4.79 Å². The monoisotopic (exact) mass is 429 g/mol. The third kappa shape index (κ3) is 5.81. The molecule has 1 aromatic carbocycles. The van der Waals surface area contributed by atoms with Crippen LogP contribution in [0.25, 0.3) is 0 Å². The molecular weight excluding hydrogens is 397 g/mol. The summed E-state index contributed by atoms with van der Waals surface area (Å²) >= 11 is 0. The summed E-state index contributed by atoms with van der Waals surface area (Å²) in [6.07, 6.45) is 2.39. The van der Waals surface area contributed by atoms with E-state index in [1.807, 2.05) is 51.1 Å². The largest absolute Gasteiger partial charge is 0.537 e. The Morgan fingerprint density at radius 2 is 2.06 bits per heavy atom. The number of hydrogen-bond donors (Lipinski definition) is 1. The Labute approximate surface area is 184 Å². The summed E-state index contributed by atoms with van der Waals surface area (Å²) < 4.78 is 29.9. The molecule has 1 saturated heterocycles. The minimum absolute atomic E-state index is 0.0725. The maximum absolute atomic E-state index is 12.1. The maximum Gasteiger partial charge on any atom is 0.535 e. The van der Waals surface area contributed by atoms with E-state index >= 15 is 0 Å². The van der Waals surface area contributed by atoms with Crippen molar-refractivity contribution in [2.45, 2.75) is 70.3 Å². The lowest BCUT2D eigenvalue weighted by molar-refractivity contribution is -0.0294. The smallest absolute Gasteiger partial charge is 0.535 e. The number of benzene rings is 1. The van der Waals surface area contributed by atoms with Crippen LogP contribution >= 0.6 is 0 Å². The van der Waals surface area contributed by atoms with Crippen LogP contribution in [0.2, 0.25) is 5.82 Å². The Balaban J connectivity index is 1.34. The minimum atomic E-state index is -0.538. The molecule has 1 N–H and O–H groups in total. The van der Waals surface area contributed by atoms with Crippen LogP contribution in [0.15, 0.2) is 41.7 Å². The molecule has 0 aromatic heterocycles. The van der Waals surface area contributed by atoms with Crippen LogP contribution in [0.3, 0.4) is 0 Å². The molecule has 0 bridgehead atoms. The minimum Gasteiger partial charge on any atom is -0.537 e. The molecule has 8 heteroatoms. The van der Waals surface area contributed by atoms with E-state index in [1.54, 1.807) is 0 Å². The van der Waals surface area contributed by atoms with Crippen LogP contribution in [-0.2, 0) is 30.1 Å². The van der Waals surface area contributed by atoms with Crippen molar-refractivity contribution >= 4 is 13.2 Å². The summed E-state index contributed by atoms with van der Waals surface area (Å²) in [6.45, 7) is 7.29. The Hall–Kier alpha value is -2.03. The highest BCUT2D eigenvalue weighted by atomic mass is 16.6. The summed E-state index contributed by atoms with van der Waals surface area (Å²) in [5, 5.41) is 2.81. The lowest BCUT2D eigenvalue weighted by Gasteiger charge is -2.28. The second-order valence-corrected chi connectivity index (χ2v) is 9.34. The third-order valence-electron chi connectivity index (χ3n) is 5.68. The fourth-order valence-corrected chi connectivity index (χ4v) is 4.37. The van der Waals surface area contributed by atoms with E-state index in [1.165, 1.54) is 5.57 Å². The van der Waals surface area contributed by atoms with Crippen molar-refractivity contribution < 1.29 is 28.3 Å². The molecule has 3 aliphatic rings. The fraction of sp³-hybridized carbons (Fsp3) is 0.609. The first kappa shape index (κ1) is 22.2. The van der Waals surface area contributed by atoms with Crippen molar-refractivity contribution in [3.05, 3.63) is 47.2 Å². The highest BCUT2D eigenvalue weighted by molar-refractivity contribution is 6.49. The standard InChI is InChI=1S/C23H32BNO6/c1-23(2,3)29-22(26)25-12-20-18-10-7-11-19-21(18)24(31-20)30-17(15-28-19)14-27-13-16-8-5-4-6-9-16/h4-6,8-9,17,19,21H,7,10-15H2,1-3H3,(H,25,26). The number of hydrogen-bond acceptors (Lipinski definition) is 6. The van der Waals surface area contributed by atoms with Gasteiger partial charge in [0.05, 0.1) is 50.1 Å². The SMILES string of the molecule is CC(C)(C)OC(=O)NCC1=C2CCCC3OCC(COCc4ccccc4)OB(O1)C23. The molecule has 1 aromatic rings. The summed E-state index contributed by atoms with van der Waals surface area (Å²) in [5.41, 5.74) is 1.79. The van der Waals surface area contributed by atoms with Gasteiger partial charge in [-0.2, -0.15) is 0 Å². The lowest BCUT2D eigenvalue weighted by atomic mass is 9.62. The second-order valence-electron chi connectivity index (χ2n) is 9.34. The first-order chi connectivity index (χ1) is 14.9. The molecule has 0 radical (unpaired) electrons. The highest BCUT2D eigenvalue weighted by Crippen LogP contribution is 2.47. The van der Waals surface area contributed by atoms with E-state index in [4.69, 9.17) is 23.5 Å². The molecule has 3 atom stereocenters. The molecule has 2 heterocycles. The first-order valence-corrected chi connectivity index (χ1v) is 11.1. The molecule has 2 aliphatic heterocycles. The van der Waals surface area contributed by atoms with Crippen LogP contribution in [-0.4, -0.2) is 50.8 Å². The summed E-state index contributed by atoms with van der Waals surface area (Å²) in [7, 11) is -0.399. The van der Waals surface area contributed by atoms with Crippen LogP contribution in [0, 0.1) is 0 Å². The van der Waals surface area contributed by atoms with Gasteiger partial charge in [0.25, 0.3) is 0 Å². The fourth-order valence-electron chi connectivity index (χ4n) is 4.37. The molecular formula is C23H32BNO6. The van der Waals surface area contributed by atoms with E-state index in [0.717, 1.165) is 30.6 Å². The molecule has 4 rings (SSSR count). The summed E-state index contributed by atoms with van der Waals surface area (Å²) in [5.74, 6) is 0.850. The number of carbonyl (C=O) groups is 1. The topological polar surface area (TPSA) is 75.3 Å². The maximum atomic E-state index is 12.1. The molecule has 1 aliphatic carbocycles. The molecule has 2 fully saturated rings. The van der Waals surface area contributed by atoms with E-state index in [0.29, 0.717) is 26.4 Å². The summed E-state index contributed by atoms with van der Waals surface area (Å²) in [4.78, 5) is 12.1. The molecule has 1 saturated carbocycles. The second kappa shape index (κ2) is 9.63. The van der Waals surface area contributed by atoms with Crippen LogP contribution < -0.4 is 5.32 Å². The highest BCUT2D eigenvalue weighted by Gasteiger charge is 2.52. The number of alkyl carbamates (subject to hydrolysis) is 1. The van der Waals surface area contributed by atoms with E-state index < -0.39 is 18.8 Å². The van der Waals surface area contributed by atoms with Gasteiger partial charge in [-0.3, -0.25) is 0 Å². The van der Waals surface area contributed by atoms with Gasteiger partial charge in [0.2, 0.25) is 0 Å². The van der Waals surface area contributed by atoms with Gasteiger partial charge in [-0.25, -0.2) is 4.79 Å². The average molecular weight is 429 g/mol. The lowest BCUT2D eigenvalue weighted by Crippen LogP contribution is -2.35. The number of carbonyl (C=O) groups excluding carboxylic acids is 1. The van der Waals surface area contributed by atoms with E-state index in [-0.39, 0.29) is 18.0 Å². The predicted octanol–water partition coefficient (Wildman–Crippen LogP) is 3.84. The molecule has 7 nitrogen and oxygen atoms in total. The summed E-state index contributed by atoms with van der Waals surface area (Å²) in [6, 6.07) is 10.1. The van der Waals surface area contributed by atoms with Gasteiger partial charge in [-0.05, 0) is 51.2 Å². The third-order valence-corrected chi connectivity index (χ3v) is 5.68. The Bertz CT molecular complexity index is 793.